The molecule has 1 saturated heterocycles. The summed E-state index contributed by atoms with van der Waals surface area (Å²) in [5.74, 6) is 0.487. The van der Waals surface area contributed by atoms with Crippen molar-refractivity contribution in [1.29, 1.82) is 0 Å². The van der Waals surface area contributed by atoms with Crippen molar-refractivity contribution < 1.29 is 4.79 Å². The zero-order chi connectivity index (χ0) is 17.4. The van der Waals surface area contributed by atoms with Crippen molar-refractivity contribution in [2.24, 2.45) is 11.5 Å². The van der Waals surface area contributed by atoms with Crippen molar-refractivity contribution in [2.75, 3.05) is 18.0 Å². The van der Waals surface area contributed by atoms with Crippen LogP contribution in [-0.2, 0) is 0 Å². The lowest BCUT2D eigenvalue weighted by atomic mass is 10.1. The lowest BCUT2D eigenvalue weighted by Crippen LogP contribution is -2.40. The highest BCUT2D eigenvalue weighted by Crippen LogP contribution is 2.23. The number of piperidine rings is 1. The van der Waals surface area contributed by atoms with E-state index in [0.29, 0.717) is 5.56 Å². The average molecular weight is 336 g/mol. The summed E-state index contributed by atoms with van der Waals surface area (Å²) in [6.45, 7) is 1.83. The van der Waals surface area contributed by atoms with E-state index in [1.807, 2.05) is 28.8 Å². The zero-order valence-corrected chi connectivity index (χ0v) is 13.8. The number of rotatable bonds is 3. The summed E-state index contributed by atoms with van der Waals surface area (Å²) in [7, 11) is 0. The number of primary amides is 1. The first-order valence-corrected chi connectivity index (χ1v) is 8.37. The van der Waals surface area contributed by atoms with E-state index in [-0.39, 0.29) is 6.04 Å². The fourth-order valence-electron chi connectivity index (χ4n) is 3.16. The summed E-state index contributed by atoms with van der Waals surface area (Å²) in [6.07, 6.45) is 3.74. The van der Waals surface area contributed by atoms with Crippen LogP contribution in [0, 0.1) is 0 Å². The van der Waals surface area contributed by atoms with Gasteiger partial charge in [0.25, 0.3) is 0 Å². The second-order valence-corrected chi connectivity index (χ2v) is 6.37. The van der Waals surface area contributed by atoms with Gasteiger partial charge in [-0.25, -0.2) is 9.50 Å². The van der Waals surface area contributed by atoms with Gasteiger partial charge in [-0.1, -0.05) is 12.1 Å². The number of carbonyl (C=O) groups excluding carboxylic acids is 1. The van der Waals surface area contributed by atoms with Gasteiger partial charge in [0.2, 0.25) is 5.91 Å². The predicted octanol–water partition coefficient (Wildman–Crippen LogP) is 1.42. The number of anilines is 1. The SMILES string of the molecule is NC(=O)c1ccc(-c2cnc3ccc(N4CCC(N)CC4)nn23)cc1. The Morgan fingerprint density at radius 1 is 1.08 bits per heavy atom. The van der Waals surface area contributed by atoms with Crippen molar-refractivity contribution in [3.05, 3.63) is 48.2 Å². The lowest BCUT2D eigenvalue weighted by Gasteiger charge is -2.30. The Bertz CT molecular complexity index is 909. The van der Waals surface area contributed by atoms with Crippen LogP contribution in [-0.4, -0.2) is 39.6 Å². The molecule has 0 saturated carbocycles. The van der Waals surface area contributed by atoms with Crippen LogP contribution in [0.1, 0.15) is 23.2 Å². The molecule has 0 spiro atoms. The number of benzene rings is 1. The third kappa shape index (κ3) is 2.94. The van der Waals surface area contributed by atoms with Crippen LogP contribution in [0.5, 0.6) is 0 Å². The second-order valence-electron chi connectivity index (χ2n) is 6.37. The average Bonchev–Trinajstić information content (AvgIpc) is 3.05. The highest BCUT2D eigenvalue weighted by atomic mass is 16.1. The number of hydrogen-bond acceptors (Lipinski definition) is 5. The number of fused-ring (bicyclic) bond motifs is 1. The Balaban J connectivity index is 1.70. The molecule has 3 aromatic rings. The van der Waals surface area contributed by atoms with E-state index >= 15 is 0 Å². The van der Waals surface area contributed by atoms with Gasteiger partial charge < -0.3 is 16.4 Å². The van der Waals surface area contributed by atoms with Gasteiger partial charge in [-0.3, -0.25) is 4.79 Å². The van der Waals surface area contributed by atoms with E-state index in [2.05, 4.69) is 9.88 Å². The van der Waals surface area contributed by atoms with E-state index in [0.717, 1.165) is 48.7 Å². The molecule has 7 heteroatoms. The molecule has 1 aliphatic heterocycles. The largest absolute Gasteiger partial charge is 0.366 e. The first-order chi connectivity index (χ1) is 12.1. The summed E-state index contributed by atoms with van der Waals surface area (Å²) in [5.41, 5.74) is 14.4. The van der Waals surface area contributed by atoms with E-state index in [1.165, 1.54) is 0 Å². The minimum atomic E-state index is -0.437. The maximum absolute atomic E-state index is 11.2. The lowest BCUT2D eigenvalue weighted by molar-refractivity contribution is 0.100. The monoisotopic (exact) mass is 336 g/mol. The standard InChI is InChI=1S/C18H20N6O/c19-14-7-9-23(10-8-14)17-6-5-16-21-11-15(24(16)22-17)12-1-3-13(4-2-12)18(20)25/h1-6,11,14H,7-10,19H2,(H2,20,25). The van der Waals surface area contributed by atoms with Gasteiger partial charge in [0.1, 0.15) is 5.82 Å². The fourth-order valence-corrected chi connectivity index (χ4v) is 3.16. The van der Waals surface area contributed by atoms with Gasteiger partial charge in [0, 0.05) is 30.3 Å². The Kier molecular flexibility index (Phi) is 3.85. The molecule has 128 valence electrons. The highest BCUT2D eigenvalue weighted by Gasteiger charge is 2.18. The quantitative estimate of drug-likeness (QED) is 0.753. The molecule has 25 heavy (non-hydrogen) atoms. The van der Waals surface area contributed by atoms with Crippen molar-refractivity contribution in [3.63, 3.8) is 0 Å². The normalized spacial score (nSPS) is 15.6. The summed E-state index contributed by atoms with van der Waals surface area (Å²) < 4.78 is 1.84. The molecule has 0 bridgehead atoms. The maximum atomic E-state index is 11.2. The molecule has 3 heterocycles. The molecular formula is C18H20N6O. The molecule has 1 aromatic carbocycles. The smallest absolute Gasteiger partial charge is 0.248 e. The molecule has 0 radical (unpaired) electrons. The van der Waals surface area contributed by atoms with Crippen LogP contribution in [0.15, 0.2) is 42.6 Å². The van der Waals surface area contributed by atoms with Crippen molar-refractivity contribution >= 4 is 17.4 Å². The van der Waals surface area contributed by atoms with Gasteiger partial charge in [-0.15, -0.1) is 5.10 Å². The molecule has 4 N–H and O–H groups in total. The minimum Gasteiger partial charge on any atom is -0.366 e. The molecule has 1 fully saturated rings. The van der Waals surface area contributed by atoms with E-state index in [1.54, 1.807) is 18.3 Å². The topological polar surface area (TPSA) is 103 Å². The molecular weight excluding hydrogens is 316 g/mol. The Labute approximate surface area is 145 Å². The van der Waals surface area contributed by atoms with Crippen molar-refractivity contribution in [2.45, 2.75) is 18.9 Å². The maximum Gasteiger partial charge on any atom is 0.248 e. The molecule has 7 nitrogen and oxygen atoms in total. The first-order valence-electron chi connectivity index (χ1n) is 8.37. The number of nitrogens with two attached hydrogens (primary N) is 2. The van der Waals surface area contributed by atoms with Gasteiger partial charge in [-0.05, 0) is 37.1 Å². The van der Waals surface area contributed by atoms with Crippen LogP contribution in [0.3, 0.4) is 0 Å². The van der Waals surface area contributed by atoms with E-state index < -0.39 is 5.91 Å². The van der Waals surface area contributed by atoms with Crippen molar-refractivity contribution in [1.82, 2.24) is 14.6 Å². The van der Waals surface area contributed by atoms with E-state index in [9.17, 15) is 4.79 Å². The number of nitrogens with zero attached hydrogens (tertiary/aromatic N) is 4. The summed E-state index contributed by atoms with van der Waals surface area (Å²) >= 11 is 0. The highest BCUT2D eigenvalue weighted by molar-refractivity contribution is 5.93. The fraction of sp³-hybridized carbons (Fsp3) is 0.278. The molecule has 0 aliphatic carbocycles. The summed E-state index contributed by atoms with van der Waals surface area (Å²) in [4.78, 5) is 17.9. The van der Waals surface area contributed by atoms with Crippen LogP contribution < -0.4 is 16.4 Å². The Morgan fingerprint density at radius 3 is 2.48 bits per heavy atom. The zero-order valence-electron chi connectivity index (χ0n) is 13.8. The first kappa shape index (κ1) is 15.6. The van der Waals surface area contributed by atoms with Gasteiger partial charge >= 0.3 is 0 Å². The molecule has 1 amide bonds. The summed E-state index contributed by atoms with van der Waals surface area (Å²) in [6, 6.07) is 11.4. The molecule has 0 atom stereocenters. The predicted molar refractivity (Wildman–Crippen MR) is 96.4 cm³/mol. The molecule has 1 aliphatic rings. The van der Waals surface area contributed by atoms with Gasteiger partial charge in [0.15, 0.2) is 5.65 Å². The van der Waals surface area contributed by atoms with Crippen LogP contribution in [0.2, 0.25) is 0 Å². The third-order valence-corrected chi connectivity index (χ3v) is 4.68. The summed E-state index contributed by atoms with van der Waals surface area (Å²) in [5, 5.41) is 4.77. The Morgan fingerprint density at radius 2 is 1.80 bits per heavy atom. The van der Waals surface area contributed by atoms with Crippen LogP contribution >= 0.6 is 0 Å². The van der Waals surface area contributed by atoms with Crippen LogP contribution in [0.25, 0.3) is 16.9 Å². The molecule has 2 aromatic heterocycles. The minimum absolute atomic E-state index is 0.285. The Hall–Kier alpha value is -2.93. The van der Waals surface area contributed by atoms with Crippen LogP contribution in [0.4, 0.5) is 5.82 Å². The number of carbonyl (C=O) groups is 1. The third-order valence-electron chi connectivity index (χ3n) is 4.68. The second kappa shape index (κ2) is 6.18. The number of amides is 1. The molecule has 4 rings (SSSR count). The number of imidazole rings is 1. The number of aromatic nitrogens is 3. The van der Waals surface area contributed by atoms with E-state index in [4.69, 9.17) is 16.6 Å². The van der Waals surface area contributed by atoms with Gasteiger partial charge in [0.05, 0.1) is 11.9 Å². The molecule has 0 unspecified atom stereocenters. The number of hydrogen-bond donors (Lipinski definition) is 2. The van der Waals surface area contributed by atoms with Crippen molar-refractivity contribution in [3.8, 4) is 11.3 Å². The van der Waals surface area contributed by atoms with Gasteiger partial charge in [-0.2, -0.15) is 0 Å².